The van der Waals surface area contributed by atoms with Crippen LogP contribution >= 0.6 is 0 Å². The number of rotatable bonds is 3. The molecule has 0 unspecified atom stereocenters. The Balaban J connectivity index is 1.81. The molecule has 0 spiro atoms. The van der Waals surface area contributed by atoms with Gasteiger partial charge in [0.25, 0.3) is 0 Å². The van der Waals surface area contributed by atoms with E-state index >= 15 is 0 Å². The minimum absolute atomic E-state index is 0.0208. The number of nitrogens with one attached hydrogen (secondary N) is 1. The van der Waals surface area contributed by atoms with E-state index < -0.39 is 0 Å². The Morgan fingerprint density at radius 2 is 1.80 bits per heavy atom. The third-order valence-electron chi connectivity index (χ3n) is 3.13. The summed E-state index contributed by atoms with van der Waals surface area (Å²) in [4.78, 5) is 16.4. The predicted octanol–water partition coefficient (Wildman–Crippen LogP) is 3.42. The highest BCUT2D eigenvalue weighted by molar-refractivity contribution is 6.01. The van der Waals surface area contributed by atoms with Gasteiger partial charge in [0.05, 0.1) is 17.6 Å². The van der Waals surface area contributed by atoms with Crippen molar-refractivity contribution in [1.82, 2.24) is 4.98 Å². The first-order chi connectivity index (χ1) is 9.83. The minimum Gasteiger partial charge on any atom is -0.325 e. The molecule has 2 aromatic carbocycles. The molecule has 98 valence electrons. The predicted molar refractivity (Wildman–Crippen MR) is 80.5 cm³/mol. The van der Waals surface area contributed by atoms with Crippen LogP contribution in [-0.4, -0.2) is 10.9 Å². The van der Waals surface area contributed by atoms with Crippen LogP contribution in [0.15, 0.2) is 66.9 Å². The molecule has 1 amide bonds. The first-order valence-electron chi connectivity index (χ1n) is 6.50. The van der Waals surface area contributed by atoms with Crippen LogP contribution in [0.5, 0.6) is 0 Å². The molecule has 1 heterocycles. The van der Waals surface area contributed by atoms with Crippen molar-refractivity contribution in [2.45, 2.75) is 6.42 Å². The lowest BCUT2D eigenvalue weighted by Crippen LogP contribution is -2.14. The highest BCUT2D eigenvalue weighted by atomic mass is 16.1. The summed E-state index contributed by atoms with van der Waals surface area (Å²) in [5, 5.41) is 3.91. The van der Waals surface area contributed by atoms with Crippen molar-refractivity contribution in [2.75, 3.05) is 5.32 Å². The van der Waals surface area contributed by atoms with Gasteiger partial charge in [-0.15, -0.1) is 0 Å². The molecule has 3 rings (SSSR count). The molecular weight excluding hydrogens is 248 g/mol. The summed E-state index contributed by atoms with van der Waals surface area (Å²) in [5.74, 6) is -0.0208. The monoisotopic (exact) mass is 262 g/mol. The van der Waals surface area contributed by atoms with Crippen molar-refractivity contribution in [3.05, 3.63) is 72.4 Å². The number of carbonyl (C=O) groups is 1. The molecule has 0 aliphatic heterocycles. The molecule has 0 radical (unpaired) electrons. The lowest BCUT2D eigenvalue weighted by Gasteiger charge is -2.08. The smallest absolute Gasteiger partial charge is 0.228 e. The Bertz CT molecular complexity index is 733. The molecule has 0 bridgehead atoms. The number of fused-ring (bicyclic) bond motifs is 1. The Hall–Kier alpha value is -2.68. The van der Waals surface area contributed by atoms with Gasteiger partial charge < -0.3 is 5.32 Å². The molecule has 0 saturated carbocycles. The molecule has 0 fully saturated rings. The summed E-state index contributed by atoms with van der Waals surface area (Å²) in [7, 11) is 0. The van der Waals surface area contributed by atoms with Crippen molar-refractivity contribution in [3.63, 3.8) is 0 Å². The van der Waals surface area contributed by atoms with E-state index in [4.69, 9.17) is 0 Å². The van der Waals surface area contributed by atoms with Crippen LogP contribution in [0.1, 0.15) is 5.56 Å². The molecular formula is C17H14N2O. The van der Waals surface area contributed by atoms with Crippen LogP contribution in [0.25, 0.3) is 10.9 Å². The van der Waals surface area contributed by atoms with Crippen LogP contribution in [0.3, 0.4) is 0 Å². The number of amides is 1. The molecule has 3 aromatic rings. The summed E-state index contributed by atoms with van der Waals surface area (Å²) in [6.45, 7) is 0. The first kappa shape index (κ1) is 12.4. The van der Waals surface area contributed by atoms with E-state index in [0.29, 0.717) is 6.42 Å². The maximum Gasteiger partial charge on any atom is 0.228 e. The standard InChI is InChI=1S/C17H14N2O/c20-17(12-13-6-2-1-3-7-13)19-16-10-4-9-15-14(16)8-5-11-18-15/h1-11H,12H2,(H,19,20). The van der Waals surface area contributed by atoms with E-state index in [1.807, 2.05) is 60.7 Å². The van der Waals surface area contributed by atoms with E-state index in [-0.39, 0.29) is 5.91 Å². The van der Waals surface area contributed by atoms with Crippen molar-refractivity contribution in [2.24, 2.45) is 0 Å². The number of pyridine rings is 1. The van der Waals surface area contributed by atoms with Crippen molar-refractivity contribution in [3.8, 4) is 0 Å². The zero-order valence-electron chi connectivity index (χ0n) is 10.9. The molecule has 1 N–H and O–H groups in total. The zero-order chi connectivity index (χ0) is 13.8. The average molecular weight is 262 g/mol. The molecule has 0 aliphatic carbocycles. The van der Waals surface area contributed by atoms with Crippen LogP contribution in [-0.2, 0) is 11.2 Å². The van der Waals surface area contributed by atoms with Gasteiger partial charge in [0.15, 0.2) is 0 Å². The number of nitrogens with zero attached hydrogens (tertiary/aromatic N) is 1. The number of hydrogen-bond acceptors (Lipinski definition) is 2. The van der Waals surface area contributed by atoms with Gasteiger partial charge in [-0.05, 0) is 29.8 Å². The second-order valence-electron chi connectivity index (χ2n) is 4.59. The zero-order valence-corrected chi connectivity index (χ0v) is 10.9. The Morgan fingerprint density at radius 1 is 0.950 bits per heavy atom. The van der Waals surface area contributed by atoms with Gasteiger partial charge >= 0.3 is 0 Å². The van der Waals surface area contributed by atoms with E-state index in [1.54, 1.807) is 6.20 Å². The van der Waals surface area contributed by atoms with Gasteiger partial charge in [0, 0.05) is 11.6 Å². The molecule has 0 aliphatic rings. The topological polar surface area (TPSA) is 42.0 Å². The van der Waals surface area contributed by atoms with Crippen molar-refractivity contribution >= 4 is 22.5 Å². The normalized spacial score (nSPS) is 10.4. The van der Waals surface area contributed by atoms with Gasteiger partial charge in [0.2, 0.25) is 5.91 Å². The molecule has 0 saturated heterocycles. The van der Waals surface area contributed by atoms with Crippen LogP contribution in [0.4, 0.5) is 5.69 Å². The van der Waals surface area contributed by atoms with E-state index in [9.17, 15) is 4.79 Å². The average Bonchev–Trinajstić information content (AvgIpc) is 2.48. The third-order valence-corrected chi connectivity index (χ3v) is 3.13. The highest BCUT2D eigenvalue weighted by Crippen LogP contribution is 2.21. The maximum atomic E-state index is 12.1. The maximum absolute atomic E-state index is 12.1. The van der Waals surface area contributed by atoms with E-state index in [0.717, 1.165) is 22.2 Å². The number of anilines is 1. The van der Waals surface area contributed by atoms with Gasteiger partial charge in [-0.3, -0.25) is 9.78 Å². The lowest BCUT2D eigenvalue weighted by atomic mass is 10.1. The molecule has 0 atom stereocenters. The van der Waals surface area contributed by atoms with Gasteiger partial charge in [-0.25, -0.2) is 0 Å². The molecule has 3 nitrogen and oxygen atoms in total. The molecule has 20 heavy (non-hydrogen) atoms. The quantitative estimate of drug-likeness (QED) is 0.786. The summed E-state index contributed by atoms with van der Waals surface area (Å²) in [5.41, 5.74) is 2.69. The summed E-state index contributed by atoms with van der Waals surface area (Å²) in [6.07, 6.45) is 2.12. The van der Waals surface area contributed by atoms with Crippen LogP contribution < -0.4 is 5.32 Å². The minimum atomic E-state index is -0.0208. The fraction of sp³-hybridized carbons (Fsp3) is 0.0588. The number of aromatic nitrogens is 1. The van der Waals surface area contributed by atoms with Gasteiger partial charge in [0.1, 0.15) is 0 Å². The van der Waals surface area contributed by atoms with E-state index in [1.165, 1.54) is 0 Å². The van der Waals surface area contributed by atoms with Crippen molar-refractivity contribution < 1.29 is 4.79 Å². The largest absolute Gasteiger partial charge is 0.325 e. The second-order valence-corrected chi connectivity index (χ2v) is 4.59. The Kier molecular flexibility index (Phi) is 3.42. The fourth-order valence-corrected chi connectivity index (χ4v) is 2.19. The number of carbonyl (C=O) groups excluding carboxylic acids is 1. The molecule has 1 aromatic heterocycles. The second kappa shape index (κ2) is 5.53. The highest BCUT2D eigenvalue weighted by Gasteiger charge is 2.06. The summed E-state index contributed by atoms with van der Waals surface area (Å²) in [6, 6.07) is 19.3. The van der Waals surface area contributed by atoms with E-state index in [2.05, 4.69) is 10.3 Å². The SMILES string of the molecule is O=C(Cc1ccccc1)Nc1cccc2ncccc12. The van der Waals surface area contributed by atoms with Gasteiger partial charge in [-0.1, -0.05) is 36.4 Å². The molecule has 3 heteroatoms. The van der Waals surface area contributed by atoms with Crippen LogP contribution in [0, 0.1) is 0 Å². The number of benzene rings is 2. The third kappa shape index (κ3) is 2.67. The van der Waals surface area contributed by atoms with Crippen LogP contribution in [0.2, 0.25) is 0 Å². The fourth-order valence-electron chi connectivity index (χ4n) is 2.19. The Morgan fingerprint density at radius 3 is 2.65 bits per heavy atom. The number of hydrogen-bond donors (Lipinski definition) is 1. The first-order valence-corrected chi connectivity index (χ1v) is 6.50. The van der Waals surface area contributed by atoms with Gasteiger partial charge in [-0.2, -0.15) is 0 Å². The van der Waals surface area contributed by atoms with Crippen molar-refractivity contribution in [1.29, 1.82) is 0 Å². The summed E-state index contributed by atoms with van der Waals surface area (Å²) < 4.78 is 0. The Labute approximate surface area is 117 Å². The lowest BCUT2D eigenvalue weighted by molar-refractivity contribution is -0.115. The summed E-state index contributed by atoms with van der Waals surface area (Å²) >= 11 is 0.